The monoisotopic (exact) mass is 382 g/mol. The molecule has 5 rings (SSSR count). The molecule has 1 unspecified atom stereocenters. The first-order valence-corrected chi connectivity index (χ1v) is 10.3. The largest absolute Gasteiger partial charge is 0.489 e. The molecule has 1 atom stereocenters. The van der Waals surface area contributed by atoms with Gasteiger partial charge in [0.05, 0.1) is 6.04 Å². The van der Waals surface area contributed by atoms with Gasteiger partial charge >= 0.3 is 0 Å². The first-order chi connectivity index (χ1) is 14.2. The molecule has 0 saturated carbocycles. The van der Waals surface area contributed by atoms with Crippen molar-refractivity contribution < 1.29 is 4.74 Å². The van der Waals surface area contributed by atoms with E-state index in [9.17, 15) is 0 Å². The molecule has 0 spiro atoms. The summed E-state index contributed by atoms with van der Waals surface area (Å²) in [6, 6.07) is 23.6. The van der Waals surface area contributed by atoms with Gasteiger partial charge in [0.1, 0.15) is 12.4 Å². The van der Waals surface area contributed by atoms with E-state index >= 15 is 0 Å². The molecule has 0 bridgehead atoms. The van der Waals surface area contributed by atoms with Crippen molar-refractivity contribution in [3.63, 3.8) is 0 Å². The molecule has 4 aromatic rings. The Bertz CT molecular complexity index is 1160. The number of H-pyrrole nitrogens is 1. The van der Waals surface area contributed by atoms with E-state index in [1.165, 1.54) is 44.4 Å². The molecular formula is C26H26N2O. The topological polar surface area (TPSA) is 37.0 Å². The number of nitrogens with one attached hydrogen (secondary N) is 2. The second-order valence-corrected chi connectivity index (χ2v) is 8.00. The van der Waals surface area contributed by atoms with Crippen LogP contribution in [0.5, 0.6) is 5.75 Å². The van der Waals surface area contributed by atoms with E-state index in [0.29, 0.717) is 6.61 Å². The number of aryl methyl sites for hydroxylation is 2. The molecule has 3 nitrogen and oxygen atoms in total. The summed E-state index contributed by atoms with van der Waals surface area (Å²) in [5.74, 6) is 0.921. The van der Waals surface area contributed by atoms with Crippen LogP contribution in [0.1, 0.15) is 39.6 Å². The van der Waals surface area contributed by atoms with Crippen molar-refractivity contribution in [1.29, 1.82) is 0 Å². The van der Waals surface area contributed by atoms with Crippen LogP contribution in [-0.4, -0.2) is 11.5 Å². The van der Waals surface area contributed by atoms with Gasteiger partial charge in [0.15, 0.2) is 0 Å². The van der Waals surface area contributed by atoms with E-state index in [1.54, 1.807) is 0 Å². The molecule has 0 fully saturated rings. The van der Waals surface area contributed by atoms with E-state index in [4.69, 9.17) is 4.74 Å². The molecule has 29 heavy (non-hydrogen) atoms. The maximum absolute atomic E-state index is 6.08. The summed E-state index contributed by atoms with van der Waals surface area (Å²) in [5, 5.41) is 5.00. The Labute approximate surface area is 171 Å². The Balaban J connectivity index is 1.50. The predicted molar refractivity (Wildman–Crippen MR) is 119 cm³/mol. The molecule has 2 N–H and O–H groups in total. The summed E-state index contributed by atoms with van der Waals surface area (Å²) in [7, 11) is 0. The van der Waals surface area contributed by atoms with Gasteiger partial charge in [-0.15, -0.1) is 0 Å². The van der Waals surface area contributed by atoms with Gasteiger partial charge in [-0.2, -0.15) is 0 Å². The molecule has 0 saturated heterocycles. The van der Waals surface area contributed by atoms with Crippen LogP contribution in [0, 0.1) is 13.8 Å². The SMILES string of the molecule is Cc1ccc(C)c(C2NCCc3c2[nH]c2ccc(OCc4ccccc4)cc32)c1. The van der Waals surface area contributed by atoms with Crippen LogP contribution >= 0.6 is 0 Å². The van der Waals surface area contributed by atoms with Gasteiger partial charge in [0.2, 0.25) is 0 Å². The predicted octanol–water partition coefficient (Wildman–Crippen LogP) is 5.60. The molecule has 2 heterocycles. The lowest BCUT2D eigenvalue weighted by Gasteiger charge is -2.26. The van der Waals surface area contributed by atoms with Gasteiger partial charge in [0, 0.05) is 23.1 Å². The van der Waals surface area contributed by atoms with E-state index in [1.807, 2.05) is 18.2 Å². The fourth-order valence-electron chi connectivity index (χ4n) is 4.37. The van der Waals surface area contributed by atoms with Gasteiger partial charge in [-0.1, -0.05) is 54.1 Å². The van der Waals surface area contributed by atoms with E-state index in [-0.39, 0.29) is 6.04 Å². The van der Waals surface area contributed by atoms with E-state index < -0.39 is 0 Å². The van der Waals surface area contributed by atoms with Crippen LogP contribution in [0.25, 0.3) is 10.9 Å². The summed E-state index contributed by atoms with van der Waals surface area (Å²) in [6.07, 6.45) is 1.03. The third-order valence-electron chi connectivity index (χ3n) is 5.92. The van der Waals surface area contributed by atoms with Crippen molar-refractivity contribution in [2.75, 3.05) is 6.54 Å². The quantitative estimate of drug-likeness (QED) is 0.482. The first kappa shape index (κ1) is 18.0. The highest BCUT2D eigenvalue weighted by atomic mass is 16.5. The molecule has 1 aliphatic rings. The minimum atomic E-state index is 0.208. The Hall–Kier alpha value is -3.04. The lowest BCUT2D eigenvalue weighted by Crippen LogP contribution is -2.31. The van der Waals surface area contributed by atoms with Crippen LogP contribution in [0.15, 0.2) is 66.7 Å². The minimum Gasteiger partial charge on any atom is -0.489 e. The molecule has 146 valence electrons. The number of ether oxygens (including phenoxy) is 1. The number of rotatable bonds is 4. The summed E-state index contributed by atoms with van der Waals surface area (Å²) < 4.78 is 6.08. The number of hydrogen-bond acceptors (Lipinski definition) is 2. The zero-order valence-electron chi connectivity index (χ0n) is 17.0. The molecular weight excluding hydrogens is 356 g/mol. The number of hydrogen-bond donors (Lipinski definition) is 2. The standard InChI is InChI=1S/C26H26N2O/c1-17-8-9-18(2)22(14-17)25-26-21(12-13-27-25)23-15-20(10-11-24(23)28-26)29-16-19-6-4-3-5-7-19/h3-11,14-15,25,27-28H,12-13,16H2,1-2H3. The lowest BCUT2D eigenvalue weighted by atomic mass is 9.91. The number of aromatic nitrogens is 1. The highest BCUT2D eigenvalue weighted by molar-refractivity contribution is 5.86. The fraction of sp³-hybridized carbons (Fsp3) is 0.231. The number of aromatic amines is 1. The highest BCUT2D eigenvalue weighted by Crippen LogP contribution is 2.36. The highest BCUT2D eigenvalue weighted by Gasteiger charge is 2.26. The van der Waals surface area contributed by atoms with Gasteiger partial charge in [0.25, 0.3) is 0 Å². The minimum absolute atomic E-state index is 0.208. The number of benzene rings is 3. The van der Waals surface area contributed by atoms with Gasteiger partial charge in [-0.25, -0.2) is 0 Å². The average molecular weight is 383 g/mol. The average Bonchev–Trinajstić information content (AvgIpc) is 3.13. The Morgan fingerprint density at radius 3 is 2.69 bits per heavy atom. The second-order valence-electron chi connectivity index (χ2n) is 8.00. The van der Waals surface area contributed by atoms with E-state index in [2.05, 4.69) is 72.7 Å². The third-order valence-corrected chi connectivity index (χ3v) is 5.92. The van der Waals surface area contributed by atoms with Crippen LogP contribution < -0.4 is 10.1 Å². The van der Waals surface area contributed by atoms with Crippen molar-refractivity contribution in [3.05, 3.63) is 100 Å². The number of fused-ring (bicyclic) bond motifs is 3. The first-order valence-electron chi connectivity index (χ1n) is 10.3. The van der Waals surface area contributed by atoms with Gasteiger partial charge in [-0.05, 0) is 60.7 Å². The molecule has 1 aliphatic heterocycles. The van der Waals surface area contributed by atoms with Crippen molar-refractivity contribution in [2.45, 2.75) is 32.9 Å². The summed E-state index contributed by atoms with van der Waals surface area (Å²) in [4.78, 5) is 3.69. The van der Waals surface area contributed by atoms with Crippen molar-refractivity contribution >= 4 is 10.9 Å². The maximum Gasteiger partial charge on any atom is 0.120 e. The van der Waals surface area contributed by atoms with Crippen molar-refractivity contribution in [2.24, 2.45) is 0 Å². The Morgan fingerprint density at radius 1 is 0.966 bits per heavy atom. The second kappa shape index (κ2) is 7.41. The molecule has 3 aromatic carbocycles. The zero-order chi connectivity index (χ0) is 19.8. The normalized spacial score (nSPS) is 16.0. The summed E-state index contributed by atoms with van der Waals surface area (Å²) >= 11 is 0. The van der Waals surface area contributed by atoms with Crippen molar-refractivity contribution in [1.82, 2.24) is 10.3 Å². The lowest BCUT2D eigenvalue weighted by molar-refractivity contribution is 0.306. The molecule has 0 amide bonds. The van der Waals surface area contributed by atoms with Crippen LogP contribution in [0.3, 0.4) is 0 Å². The van der Waals surface area contributed by atoms with Gasteiger partial charge < -0.3 is 15.0 Å². The molecule has 0 aliphatic carbocycles. The molecule has 0 radical (unpaired) electrons. The van der Waals surface area contributed by atoms with Gasteiger partial charge in [-0.3, -0.25) is 0 Å². The fourth-order valence-corrected chi connectivity index (χ4v) is 4.37. The molecule has 1 aromatic heterocycles. The van der Waals surface area contributed by atoms with Crippen molar-refractivity contribution in [3.8, 4) is 5.75 Å². The third kappa shape index (κ3) is 3.43. The van der Waals surface area contributed by atoms with Crippen LogP contribution in [0.4, 0.5) is 0 Å². The summed E-state index contributed by atoms with van der Waals surface area (Å²) in [5.41, 5.74) is 9.05. The van der Waals surface area contributed by atoms with Crippen LogP contribution in [0.2, 0.25) is 0 Å². The smallest absolute Gasteiger partial charge is 0.120 e. The zero-order valence-corrected chi connectivity index (χ0v) is 17.0. The Kier molecular flexibility index (Phi) is 4.61. The summed E-state index contributed by atoms with van der Waals surface area (Å²) in [6.45, 7) is 5.93. The maximum atomic E-state index is 6.08. The Morgan fingerprint density at radius 2 is 1.83 bits per heavy atom. The van der Waals surface area contributed by atoms with E-state index in [0.717, 1.165) is 18.7 Å². The van der Waals surface area contributed by atoms with Crippen LogP contribution in [-0.2, 0) is 13.0 Å². The molecule has 3 heteroatoms.